The lowest BCUT2D eigenvalue weighted by Crippen LogP contribution is -2.43. The first-order chi connectivity index (χ1) is 13.4. The van der Waals surface area contributed by atoms with E-state index in [-0.39, 0.29) is 18.6 Å². The Morgan fingerprint density at radius 1 is 1.07 bits per heavy atom. The number of rotatable bonds is 6. The van der Waals surface area contributed by atoms with Crippen LogP contribution in [-0.4, -0.2) is 30.0 Å². The first kappa shape index (κ1) is 20.4. The number of nitrogens with zero attached hydrogens (tertiary/aromatic N) is 1. The van der Waals surface area contributed by atoms with Crippen molar-refractivity contribution in [3.63, 3.8) is 0 Å². The zero-order valence-corrected chi connectivity index (χ0v) is 15.6. The number of carbonyl (C=O) groups is 1. The number of hydrogen-bond donors (Lipinski definition) is 0. The maximum absolute atomic E-state index is 12.8. The van der Waals surface area contributed by atoms with Gasteiger partial charge in [-0.05, 0) is 42.5 Å². The van der Waals surface area contributed by atoms with Crippen LogP contribution in [0.1, 0.15) is 36.0 Å². The summed E-state index contributed by atoms with van der Waals surface area (Å²) < 4.78 is 44.3. The Balaban J connectivity index is 1.49. The zero-order chi connectivity index (χ0) is 20.0. The summed E-state index contributed by atoms with van der Waals surface area (Å²) in [5, 5.41) is 0. The van der Waals surface area contributed by atoms with E-state index >= 15 is 0 Å². The Morgan fingerprint density at radius 3 is 2.57 bits per heavy atom. The topological polar surface area (TPSA) is 29.5 Å². The summed E-state index contributed by atoms with van der Waals surface area (Å²) in [6.45, 7) is 1.31. The average Bonchev–Trinajstić information content (AvgIpc) is 2.71. The molecule has 1 aliphatic rings. The first-order valence-corrected chi connectivity index (χ1v) is 9.51. The number of piperidine rings is 1. The molecule has 1 heterocycles. The number of halogens is 3. The molecule has 0 bridgehead atoms. The van der Waals surface area contributed by atoms with Crippen molar-refractivity contribution in [3.05, 3.63) is 71.3 Å². The highest BCUT2D eigenvalue weighted by Crippen LogP contribution is 2.29. The van der Waals surface area contributed by atoms with Gasteiger partial charge in [0.2, 0.25) is 5.91 Å². The molecule has 1 aliphatic heterocycles. The van der Waals surface area contributed by atoms with E-state index in [1.807, 2.05) is 35.2 Å². The van der Waals surface area contributed by atoms with E-state index in [2.05, 4.69) is 0 Å². The molecule has 1 amide bonds. The Bertz CT molecular complexity index is 777. The molecule has 1 unspecified atom stereocenters. The molecule has 0 radical (unpaired) electrons. The molecule has 0 spiro atoms. The predicted molar refractivity (Wildman–Crippen MR) is 101 cm³/mol. The van der Waals surface area contributed by atoms with Crippen molar-refractivity contribution in [2.24, 2.45) is 0 Å². The van der Waals surface area contributed by atoms with Crippen LogP contribution in [0.15, 0.2) is 54.6 Å². The summed E-state index contributed by atoms with van der Waals surface area (Å²) in [6.07, 6.45) is -1.71. The lowest BCUT2D eigenvalue weighted by Gasteiger charge is -2.33. The molecular weight excluding hydrogens is 367 g/mol. The minimum atomic E-state index is -4.36. The molecule has 28 heavy (non-hydrogen) atoms. The summed E-state index contributed by atoms with van der Waals surface area (Å²) in [5.74, 6) is 0.0937. The first-order valence-electron chi connectivity index (χ1n) is 9.51. The molecule has 6 heteroatoms. The van der Waals surface area contributed by atoms with Gasteiger partial charge in [0.25, 0.3) is 0 Å². The summed E-state index contributed by atoms with van der Waals surface area (Å²) in [4.78, 5) is 14.3. The Labute approximate surface area is 163 Å². The van der Waals surface area contributed by atoms with Gasteiger partial charge in [0, 0.05) is 19.5 Å². The average molecular weight is 391 g/mol. The molecule has 0 aliphatic carbocycles. The number of benzene rings is 2. The van der Waals surface area contributed by atoms with Crippen molar-refractivity contribution in [2.45, 2.75) is 44.6 Å². The monoisotopic (exact) mass is 391 g/mol. The quantitative estimate of drug-likeness (QED) is 0.705. The van der Waals surface area contributed by atoms with Gasteiger partial charge in [0.05, 0.1) is 18.3 Å². The second-order valence-corrected chi connectivity index (χ2v) is 7.10. The summed E-state index contributed by atoms with van der Waals surface area (Å²) in [7, 11) is 0. The molecule has 0 aromatic heterocycles. The van der Waals surface area contributed by atoms with E-state index in [4.69, 9.17) is 4.74 Å². The summed E-state index contributed by atoms with van der Waals surface area (Å²) in [6, 6.07) is 15.1. The van der Waals surface area contributed by atoms with Crippen LogP contribution in [0.25, 0.3) is 0 Å². The molecule has 0 N–H and O–H groups in total. The molecule has 150 valence electrons. The predicted octanol–water partition coefficient (Wildman–Crippen LogP) is 4.85. The molecule has 1 atom stereocenters. The second-order valence-electron chi connectivity index (χ2n) is 7.10. The number of likely N-dealkylation sites (tertiary alicyclic amines) is 1. The summed E-state index contributed by atoms with van der Waals surface area (Å²) in [5.41, 5.74) is 0.947. The minimum absolute atomic E-state index is 0.0937. The number of alkyl halides is 3. The van der Waals surface area contributed by atoms with Gasteiger partial charge >= 0.3 is 6.18 Å². The number of carbonyl (C=O) groups excluding carboxylic acids is 1. The highest BCUT2D eigenvalue weighted by Gasteiger charge is 2.30. The third kappa shape index (κ3) is 5.83. The smallest absolute Gasteiger partial charge is 0.372 e. The van der Waals surface area contributed by atoms with E-state index in [0.29, 0.717) is 31.5 Å². The molecule has 3 rings (SSSR count). The fourth-order valence-corrected chi connectivity index (χ4v) is 3.41. The van der Waals surface area contributed by atoms with E-state index < -0.39 is 11.7 Å². The molecule has 2 aromatic carbocycles. The third-order valence-electron chi connectivity index (χ3n) is 4.94. The third-order valence-corrected chi connectivity index (χ3v) is 4.94. The van der Waals surface area contributed by atoms with E-state index in [0.717, 1.165) is 30.5 Å². The molecule has 1 saturated heterocycles. The van der Waals surface area contributed by atoms with Gasteiger partial charge in [0.15, 0.2) is 0 Å². The zero-order valence-electron chi connectivity index (χ0n) is 15.6. The minimum Gasteiger partial charge on any atom is -0.372 e. The van der Waals surface area contributed by atoms with Crippen molar-refractivity contribution < 1.29 is 22.7 Å². The number of hydrogen-bond acceptors (Lipinski definition) is 2. The van der Waals surface area contributed by atoms with Gasteiger partial charge in [-0.2, -0.15) is 13.2 Å². The Kier molecular flexibility index (Phi) is 6.73. The van der Waals surface area contributed by atoms with E-state index in [1.165, 1.54) is 6.07 Å². The molecule has 0 saturated carbocycles. The maximum Gasteiger partial charge on any atom is 0.416 e. The van der Waals surface area contributed by atoms with Crippen LogP contribution < -0.4 is 0 Å². The van der Waals surface area contributed by atoms with Crippen LogP contribution in [0.3, 0.4) is 0 Å². The SMILES string of the molecule is O=C(CCc1ccccc1)N1CCCC(OCc2cccc(C(F)(F)F)c2)C1. The molecule has 3 nitrogen and oxygen atoms in total. The number of ether oxygens (including phenoxy) is 1. The fraction of sp³-hybridized carbons (Fsp3) is 0.409. The van der Waals surface area contributed by atoms with Gasteiger partial charge < -0.3 is 9.64 Å². The van der Waals surface area contributed by atoms with Crippen LogP contribution in [0.5, 0.6) is 0 Å². The van der Waals surface area contributed by atoms with Crippen LogP contribution >= 0.6 is 0 Å². The van der Waals surface area contributed by atoms with Crippen molar-refractivity contribution in [3.8, 4) is 0 Å². The van der Waals surface area contributed by atoms with Crippen molar-refractivity contribution in [2.75, 3.05) is 13.1 Å². The molecular formula is C22H24F3NO2. The van der Waals surface area contributed by atoms with Gasteiger partial charge in [-0.1, -0.05) is 42.5 Å². The Hall–Kier alpha value is -2.34. The number of amides is 1. The van der Waals surface area contributed by atoms with Gasteiger partial charge in [-0.15, -0.1) is 0 Å². The maximum atomic E-state index is 12.8. The van der Waals surface area contributed by atoms with Crippen molar-refractivity contribution in [1.29, 1.82) is 0 Å². The highest BCUT2D eigenvalue weighted by atomic mass is 19.4. The van der Waals surface area contributed by atoms with E-state index in [1.54, 1.807) is 6.07 Å². The van der Waals surface area contributed by atoms with Gasteiger partial charge in [0.1, 0.15) is 0 Å². The summed E-state index contributed by atoms with van der Waals surface area (Å²) >= 11 is 0. The van der Waals surface area contributed by atoms with Crippen LogP contribution in [0, 0.1) is 0 Å². The lowest BCUT2D eigenvalue weighted by atomic mass is 10.1. The fourth-order valence-electron chi connectivity index (χ4n) is 3.41. The largest absolute Gasteiger partial charge is 0.416 e. The highest BCUT2D eigenvalue weighted by molar-refractivity contribution is 5.76. The van der Waals surface area contributed by atoms with Gasteiger partial charge in [-0.3, -0.25) is 4.79 Å². The Morgan fingerprint density at radius 2 is 1.82 bits per heavy atom. The van der Waals surface area contributed by atoms with Crippen LogP contribution in [0.2, 0.25) is 0 Å². The normalized spacial score (nSPS) is 17.5. The molecule has 2 aromatic rings. The van der Waals surface area contributed by atoms with E-state index in [9.17, 15) is 18.0 Å². The van der Waals surface area contributed by atoms with Crippen LogP contribution in [0.4, 0.5) is 13.2 Å². The second kappa shape index (κ2) is 9.24. The van der Waals surface area contributed by atoms with Crippen molar-refractivity contribution in [1.82, 2.24) is 4.90 Å². The number of aryl methyl sites for hydroxylation is 1. The van der Waals surface area contributed by atoms with Crippen LogP contribution in [-0.2, 0) is 28.7 Å². The van der Waals surface area contributed by atoms with Gasteiger partial charge in [-0.25, -0.2) is 0 Å². The van der Waals surface area contributed by atoms with Crippen molar-refractivity contribution >= 4 is 5.91 Å². The standard InChI is InChI=1S/C22H24F3NO2/c23-22(24,25)19-9-4-8-18(14-19)16-28-20-10-5-13-26(15-20)21(27)12-11-17-6-2-1-3-7-17/h1-4,6-9,14,20H,5,10-13,15-16H2. The lowest BCUT2D eigenvalue weighted by molar-refractivity contribution is -0.138. The molecule has 1 fully saturated rings.